The number of rotatable bonds is 4. The predicted molar refractivity (Wildman–Crippen MR) is 83.3 cm³/mol. The SMILES string of the molecule is CC(CC(C)(C)N1CCOCC1)OC(=O)C(C)(C)C.Cl. The second-order valence-electron chi connectivity index (χ2n) is 7.08. The quantitative estimate of drug-likeness (QED) is 0.749. The summed E-state index contributed by atoms with van der Waals surface area (Å²) in [6, 6.07) is 0. The van der Waals surface area contributed by atoms with Crippen molar-refractivity contribution in [3.63, 3.8) is 0 Å². The van der Waals surface area contributed by atoms with Crippen LogP contribution in [-0.4, -0.2) is 48.8 Å². The fourth-order valence-corrected chi connectivity index (χ4v) is 2.40. The summed E-state index contributed by atoms with van der Waals surface area (Å²) in [6.07, 6.45) is 0.777. The van der Waals surface area contributed by atoms with E-state index in [4.69, 9.17) is 9.47 Å². The minimum Gasteiger partial charge on any atom is -0.462 e. The molecule has 0 N–H and O–H groups in total. The van der Waals surface area contributed by atoms with Gasteiger partial charge in [-0.3, -0.25) is 9.69 Å². The molecule has 1 heterocycles. The van der Waals surface area contributed by atoms with Gasteiger partial charge in [-0.15, -0.1) is 12.4 Å². The van der Waals surface area contributed by atoms with E-state index in [1.807, 2.05) is 27.7 Å². The van der Waals surface area contributed by atoms with E-state index in [1.165, 1.54) is 0 Å². The summed E-state index contributed by atoms with van der Waals surface area (Å²) in [4.78, 5) is 14.3. The van der Waals surface area contributed by atoms with Crippen molar-refractivity contribution in [2.24, 2.45) is 5.41 Å². The number of ether oxygens (including phenoxy) is 2. The predicted octanol–water partition coefficient (Wildman–Crippen LogP) is 2.89. The molecule has 1 atom stereocenters. The van der Waals surface area contributed by atoms with Crippen molar-refractivity contribution in [1.82, 2.24) is 4.90 Å². The van der Waals surface area contributed by atoms with E-state index in [0.29, 0.717) is 0 Å². The van der Waals surface area contributed by atoms with Crippen molar-refractivity contribution >= 4 is 18.4 Å². The number of esters is 1. The Morgan fingerprint density at radius 3 is 2.15 bits per heavy atom. The summed E-state index contributed by atoms with van der Waals surface area (Å²) in [5, 5.41) is 0. The van der Waals surface area contributed by atoms with Crippen LogP contribution in [0.1, 0.15) is 48.0 Å². The van der Waals surface area contributed by atoms with E-state index in [0.717, 1.165) is 32.7 Å². The number of carbonyl (C=O) groups excluding carboxylic acids is 1. The maximum absolute atomic E-state index is 11.9. The molecule has 1 aliphatic rings. The van der Waals surface area contributed by atoms with Crippen LogP contribution in [0, 0.1) is 5.41 Å². The molecule has 4 nitrogen and oxygen atoms in total. The summed E-state index contributed by atoms with van der Waals surface area (Å²) in [7, 11) is 0. The zero-order chi connectivity index (χ0) is 14.7. The molecule has 0 amide bonds. The number of nitrogens with zero attached hydrogens (tertiary/aromatic N) is 1. The molecule has 1 fully saturated rings. The molecule has 0 aliphatic carbocycles. The lowest BCUT2D eigenvalue weighted by atomic mass is 9.93. The molecule has 5 heteroatoms. The van der Waals surface area contributed by atoms with E-state index in [2.05, 4.69) is 18.7 Å². The maximum Gasteiger partial charge on any atom is 0.311 e. The third-order valence-electron chi connectivity index (χ3n) is 3.57. The standard InChI is InChI=1S/C15H29NO3.ClH/c1-12(19-13(17)14(2,3)4)11-15(5,6)16-7-9-18-10-8-16;/h12H,7-11H2,1-6H3;1H. The molecule has 0 bridgehead atoms. The molecule has 1 unspecified atom stereocenters. The van der Waals surface area contributed by atoms with Gasteiger partial charge in [0.2, 0.25) is 0 Å². The lowest BCUT2D eigenvalue weighted by Crippen LogP contribution is -2.51. The smallest absolute Gasteiger partial charge is 0.311 e. The van der Waals surface area contributed by atoms with Crippen LogP contribution >= 0.6 is 12.4 Å². The third-order valence-corrected chi connectivity index (χ3v) is 3.57. The van der Waals surface area contributed by atoms with Crippen LogP contribution in [-0.2, 0) is 14.3 Å². The Hall–Kier alpha value is -0.320. The molecule has 0 spiro atoms. The highest BCUT2D eigenvalue weighted by molar-refractivity contribution is 5.85. The van der Waals surface area contributed by atoms with Gasteiger partial charge in [0, 0.05) is 25.0 Å². The van der Waals surface area contributed by atoms with Crippen LogP contribution < -0.4 is 0 Å². The first-order valence-corrected chi connectivity index (χ1v) is 7.17. The Balaban J connectivity index is 0.00000361. The Bertz CT molecular complexity index is 307. The van der Waals surface area contributed by atoms with Crippen LogP contribution in [0.4, 0.5) is 0 Å². The fourth-order valence-electron chi connectivity index (χ4n) is 2.40. The Labute approximate surface area is 129 Å². The fraction of sp³-hybridized carbons (Fsp3) is 0.933. The van der Waals surface area contributed by atoms with Gasteiger partial charge in [-0.25, -0.2) is 0 Å². The molecule has 120 valence electrons. The molecule has 1 aliphatic heterocycles. The van der Waals surface area contributed by atoms with Gasteiger partial charge < -0.3 is 9.47 Å². The number of halogens is 1. The number of carbonyl (C=O) groups is 1. The van der Waals surface area contributed by atoms with E-state index in [-0.39, 0.29) is 30.0 Å². The first-order valence-electron chi connectivity index (χ1n) is 7.17. The van der Waals surface area contributed by atoms with Gasteiger partial charge in [-0.05, 0) is 41.5 Å². The van der Waals surface area contributed by atoms with Crippen molar-refractivity contribution in [2.45, 2.75) is 59.6 Å². The Kier molecular flexibility index (Phi) is 7.50. The maximum atomic E-state index is 11.9. The van der Waals surface area contributed by atoms with Crippen molar-refractivity contribution in [3.05, 3.63) is 0 Å². The molecule has 1 saturated heterocycles. The summed E-state index contributed by atoms with van der Waals surface area (Å²) < 4.78 is 10.9. The number of hydrogen-bond acceptors (Lipinski definition) is 4. The van der Waals surface area contributed by atoms with E-state index in [1.54, 1.807) is 0 Å². The minimum atomic E-state index is -0.433. The molecular weight excluding hydrogens is 278 g/mol. The first kappa shape index (κ1) is 19.7. The zero-order valence-electron chi connectivity index (χ0n) is 13.7. The molecule has 1 rings (SSSR count). The second-order valence-corrected chi connectivity index (χ2v) is 7.08. The van der Waals surface area contributed by atoms with Crippen LogP contribution in [0.2, 0.25) is 0 Å². The van der Waals surface area contributed by atoms with E-state index < -0.39 is 5.41 Å². The molecule has 20 heavy (non-hydrogen) atoms. The average Bonchev–Trinajstić information content (AvgIpc) is 2.28. The summed E-state index contributed by atoms with van der Waals surface area (Å²) in [5.74, 6) is -0.127. The molecule has 0 saturated carbocycles. The topological polar surface area (TPSA) is 38.8 Å². The molecular formula is C15H30ClNO3. The normalized spacial score (nSPS) is 19.1. The zero-order valence-corrected chi connectivity index (χ0v) is 14.5. The second kappa shape index (κ2) is 7.62. The van der Waals surface area contributed by atoms with Gasteiger partial charge >= 0.3 is 5.97 Å². The van der Waals surface area contributed by atoms with Crippen molar-refractivity contribution in [1.29, 1.82) is 0 Å². The monoisotopic (exact) mass is 307 g/mol. The highest BCUT2D eigenvalue weighted by Gasteiger charge is 2.32. The van der Waals surface area contributed by atoms with Gasteiger partial charge in [0.1, 0.15) is 6.10 Å². The largest absolute Gasteiger partial charge is 0.462 e. The summed E-state index contributed by atoms with van der Waals surface area (Å²) in [5.41, 5.74) is -0.404. The van der Waals surface area contributed by atoms with Crippen LogP contribution in [0.15, 0.2) is 0 Å². The summed E-state index contributed by atoms with van der Waals surface area (Å²) >= 11 is 0. The minimum absolute atomic E-state index is 0. The number of hydrogen-bond donors (Lipinski definition) is 0. The van der Waals surface area contributed by atoms with Gasteiger partial charge in [0.05, 0.1) is 18.6 Å². The van der Waals surface area contributed by atoms with E-state index in [9.17, 15) is 4.79 Å². The first-order chi connectivity index (χ1) is 8.63. The molecule has 0 aromatic rings. The van der Waals surface area contributed by atoms with Crippen LogP contribution in [0.3, 0.4) is 0 Å². The highest BCUT2D eigenvalue weighted by Crippen LogP contribution is 2.25. The van der Waals surface area contributed by atoms with Gasteiger partial charge in [-0.2, -0.15) is 0 Å². The Morgan fingerprint density at radius 1 is 1.20 bits per heavy atom. The van der Waals surface area contributed by atoms with Gasteiger partial charge in [-0.1, -0.05) is 0 Å². The number of morpholine rings is 1. The third kappa shape index (κ3) is 5.98. The van der Waals surface area contributed by atoms with Gasteiger partial charge in [0.15, 0.2) is 0 Å². The molecule has 0 radical (unpaired) electrons. The average molecular weight is 308 g/mol. The van der Waals surface area contributed by atoms with Crippen molar-refractivity contribution in [3.8, 4) is 0 Å². The van der Waals surface area contributed by atoms with Gasteiger partial charge in [0.25, 0.3) is 0 Å². The van der Waals surface area contributed by atoms with Crippen molar-refractivity contribution in [2.75, 3.05) is 26.3 Å². The van der Waals surface area contributed by atoms with Crippen LogP contribution in [0.5, 0.6) is 0 Å². The van der Waals surface area contributed by atoms with Crippen LogP contribution in [0.25, 0.3) is 0 Å². The highest BCUT2D eigenvalue weighted by atomic mass is 35.5. The lowest BCUT2D eigenvalue weighted by Gasteiger charge is -2.42. The Morgan fingerprint density at radius 2 is 1.70 bits per heavy atom. The molecule has 0 aromatic heterocycles. The lowest BCUT2D eigenvalue weighted by molar-refractivity contribution is -0.159. The molecule has 0 aromatic carbocycles. The van der Waals surface area contributed by atoms with Crippen molar-refractivity contribution < 1.29 is 14.3 Å². The van der Waals surface area contributed by atoms with E-state index >= 15 is 0 Å². The summed E-state index contributed by atoms with van der Waals surface area (Å²) in [6.45, 7) is 15.5.